The Kier molecular flexibility index (Phi) is 4.07. The lowest BCUT2D eigenvalue weighted by molar-refractivity contribution is 0.0597. The Bertz CT molecular complexity index is 709. The van der Waals surface area contributed by atoms with Gasteiger partial charge in [0.25, 0.3) is 0 Å². The van der Waals surface area contributed by atoms with Gasteiger partial charge in [-0.25, -0.2) is 17.9 Å². The average molecular weight is 392 g/mol. The number of hydrogen-bond acceptors (Lipinski definition) is 5. The normalized spacial score (nSPS) is 19.5. The van der Waals surface area contributed by atoms with Crippen molar-refractivity contribution in [1.82, 2.24) is 14.5 Å². The minimum atomic E-state index is -3.47. The first-order valence-electron chi connectivity index (χ1n) is 7.23. The molecular weight excluding hydrogens is 374 g/mol. The Morgan fingerprint density at radius 2 is 2.18 bits per heavy atom. The Labute approximate surface area is 137 Å². The summed E-state index contributed by atoms with van der Waals surface area (Å²) in [5, 5.41) is 4.40. The molecule has 2 heterocycles. The van der Waals surface area contributed by atoms with Gasteiger partial charge in [-0.05, 0) is 32.1 Å². The van der Waals surface area contributed by atoms with Crippen molar-refractivity contribution in [3.8, 4) is 0 Å². The topological polar surface area (TPSA) is 90.3 Å². The summed E-state index contributed by atoms with van der Waals surface area (Å²) in [6.45, 7) is 0.745. The highest BCUT2D eigenvalue weighted by molar-refractivity contribution is 9.11. The van der Waals surface area contributed by atoms with E-state index in [0.717, 1.165) is 31.5 Å². The van der Waals surface area contributed by atoms with Crippen LogP contribution < -0.4 is 4.72 Å². The molecule has 9 heteroatoms. The summed E-state index contributed by atoms with van der Waals surface area (Å²) in [7, 11) is -2.15. The van der Waals surface area contributed by atoms with Crippen molar-refractivity contribution in [2.24, 2.45) is 0 Å². The predicted octanol–water partition coefficient (Wildman–Crippen LogP) is 1.31. The molecule has 0 unspecified atom stereocenters. The van der Waals surface area contributed by atoms with Crippen LogP contribution in [-0.2, 0) is 34.3 Å². The fourth-order valence-electron chi connectivity index (χ4n) is 2.67. The molecule has 1 aromatic heterocycles. The maximum atomic E-state index is 12.2. The third-order valence-electron chi connectivity index (χ3n) is 4.11. The van der Waals surface area contributed by atoms with Crippen LogP contribution in [0.3, 0.4) is 0 Å². The number of hydrogen-bond donors (Lipinski definition) is 1. The average Bonchev–Trinajstić information content (AvgIpc) is 3.15. The van der Waals surface area contributed by atoms with Gasteiger partial charge in [0.2, 0.25) is 10.0 Å². The molecule has 1 saturated carbocycles. The van der Waals surface area contributed by atoms with Gasteiger partial charge in [0.05, 0.1) is 25.0 Å². The zero-order valence-corrected chi connectivity index (χ0v) is 14.7. The van der Waals surface area contributed by atoms with Crippen LogP contribution in [0.2, 0.25) is 0 Å². The molecule has 1 aromatic rings. The third kappa shape index (κ3) is 2.69. The number of alkyl halides is 1. The third-order valence-corrected chi connectivity index (χ3v) is 8.07. The van der Waals surface area contributed by atoms with Gasteiger partial charge in [0, 0.05) is 6.54 Å². The zero-order chi connectivity index (χ0) is 16.0. The van der Waals surface area contributed by atoms with Gasteiger partial charge in [0.1, 0.15) is 9.22 Å². The second-order valence-corrected chi connectivity index (χ2v) is 9.77. The molecule has 0 spiro atoms. The van der Waals surface area contributed by atoms with Crippen LogP contribution >= 0.6 is 15.9 Å². The fourth-order valence-corrected chi connectivity index (χ4v) is 4.43. The molecular formula is C13H18BrN3O4S. The molecule has 2 aliphatic rings. The molecule has 3 rings (SSSR count). The fraction of sp³-hybridized carbons (Fsp3) is 0.692. The van der Waals surface area contributed by atoms with Gasteiger partial charge in [-0.3, -0.25) is 4.68 Å². The van der Waals surface area contributed by atoms with E-state index in [9.17, 15) is 13.2 Å². The number of sulfonamides is 1. The lowest BCUT2D eigenvalue weighted by Gasteiger charge is -2.13. The van der Waals surface area contributed by atoms with Gasteiger partial charge < -0.3 is 4.74 Å². The number of methoxy groups -OCH3 is 1. The summed E-state index contributed by atoms with van der Waals surface area (Å²) < 4.78 is 32.7. The largest absolute Gasteiger partial charge is 0.465 e. The summed E-state index contributed by atoms with van der Waals surface area (Å²) in [5.41, 5.74) is 1.68. The molecule has 122 valence electrons. The molecule has 7 nitrogen and oxygen atoms in total. The summed E-state index contributed by atoms with van der Waals surface area (Å²) in [4.78, 5) is 12.0. The molecule has 1 N–H and O–H groups in total. The maximum Gasteiger partial charge on any atom is 0.341 e. The van der Waals surface area contributed by atoms with Crippen molar-refractivity contribution < 1.29 is 17.9 Å². The number of halogens is 1. The maximum absolute atomic E-state index is 12.2. The van der Waals surface area contributed by atoms with Gasteiger partial charge in [0.15, 0.2) is 0 Å². The summed E-state index contributed by atoms with van der Waals surface area (Å²) in [6, 6.07) is 0. The Morgan fingerprint density at radius 1 is 1.45 bits per heavy atom. The highest BCUT2D eigenvalue weighted by atomic mass is 79.9. The summed E-state index contributed by atoms with van der Waals surface area (Å²) >= 11 is 3.24. The highest BCUT2D eigenvalue weighted by Crippen LogP contribution is 2.48. The molecule has 22 heavy (non-hydrogen) atoms. The van der Waals surface area contributed by atoms with Crippen molar-refractivity contribution >= 4 is 31.9 Å². The first-order chi connectivity index (χ1) is 10.4. The number of carbonyl (C=O) groups is 1. The van der Waals surface area contributed by atoms with Crippen molar-refractivity contribution in [3.05, 3.63) is 17.0 Å². The van der Waals surface area contributed by atoms with Crippen LogP contribution in [-0.4, -0.2) is 34.9 Å². The summed E-state index contributed by atoms with van der Waals surface area (Å²) in [5.74, 6) is -0.461. The minimum Gasteiger partial charge on any atom is -0.465 e. The number of ether oxygens (including phenoxy) is 1. The molecule has 1 aliphatic heterocycles. The number of nitrogens with one attached hydrogen (secondary N) is 1. The Balaban J connectivity index is 1.87. The van der Waals surface area contributed by atoms with Gasteiger partial charge in [-0.2, -0.15) is 5.10 Å². The number of esters is 1. The standard InChI is InChI=1S/C13H18BrN3O4S/c1-21-12(18)11-9(16-17-7-3-2-4-10(11)17)8-15-22(19,20)13(14)5-6-13/h15H,2-8H2,1H3. The molecule has 0 radical (unpaired) electrons. The molecule has 0 aromatic carbocycles. The second-order valence-electron chi connectivity index (χ2n) is 5.65. The van der Waals surface area contributed by atoms with E-state index in [4.69, 9.17) is 4.74 Å². The van der Waals surface area contributed by atoms with E-state index in [1.54, 1.807) is 4.68 Å². The van der Waals surface area contributed by atoms with Crippen LogP contribution in [0.25, 0.3) is 0 Å². The number of rotatable bonds is 5. The lowest BCUT2D eigenvalue weighted by atomic mass is 10.0. The smallest absolute Gasteiger partial charge is 0.341 e. The molecule has 0 bridgehead atoms. The monoisotopic (exact) mass is 391 g/mol. The molecule has 0 amide bonds. The van der Waals surface area contributed by atoms with Crippen LogP contribution in [0.5, 0.6) is 0 Å². The zero-order valence-electron chi connectivity index (χ0n) is 12.3. The number of carbonyl (C=O) groups excluding carboxylic acids is 1. The first-order valence-corrected chi connectivity index (χ1v) is 9.50. The number of fused-ring (bicyclic) bond motifs is 1. The van der Waals surface area contributed by atoms with Crippen molar-refractivity contribution in [1.29, 1.82) is 0 Å². The van der Waals surface area contributed by atoms with Gasteiger partial charge in [-0.1, -0.05) is 15.9 Å². The number of aryl methyl sites for hydroxylation is 1. The molecule has 1 fully saturated rings. The van der Waals surface area contributed by atoms with Crippen LogP contribution in [0.4, 0.5) is 0 Å². The van der Waals surface area contributed by atoms with Gasteiger partial charge >= 0.3 is 5.97 Å². The summed E-state index contributed by atoms with van der Waals surface area (Å²) in [6.07, 6.45) is 3.93. The van der Waals surface area contributed by atoms with Crippen molar-refractivity contribution in [3.63, 3.8) is 0 Å². The highest BCUT2D eigenvalue weighted by Gasteiger charge is 2.52. The van der Waals surface area contributed by atoms with E-state index < -0.39 is 19.6 Å². The van der Waals surface area contributed by atoms with E-state index in [-0.39, 0.29) is 6.54 Å². The molecule has 0 saturated heterocycles. The first kappa shape index (κ1) is 15.9. The van der Waals surface area contributed by atoms with Crippen molar-refractivity contribution in [2.45, 2.75) is 48.8 Å². The predicted molar refractivity (Wildman–Crippen MR) is 83.2 cm³/mol. The molecule has 0 atom stereocenters. The van der Waals surface area contributed by atoms with Crippen molar-refractivity contribution in [2.75, 3.05) is 7.11 Å². The van der Waals surface area contributed by atoms with Gasteiger partial charge in [-0.15, -0.1) is 0 Å². The van der Waals surface area contributed by atoms with E-state index in [2.05, 4.69) is 25.8 Å². The van der Waals surface area contributed by atoms with Crippen LogP contribution in [0, 0.1) is 0 Å². The quantitative estimate of drug-likeness (QED) is 0.603. The van der Waals surface area contributed by atoms with Crippen LogP contribution in [0.15, 0.2) is 0 Å². The lowest BCUT2D eigenvalue weighted by Crippen LogP contribution is -2.32. The minimum absolute atomic E-state index is 0.000116. The Morgan fingerprint density at radius 3 is 2.82 bits per heavy atom. The van der Waals surface area contributed by atoms with E-state index in [1.807, 2.05) is 0 Å². The van der Waals surface area contributed by atoms with E-state index in [0.29, 0.717) is 24.1 Å². The number of aromatic nitrogens is 2. The second kappa shape index (κ2) is 5.61. The number of nitrogens with zero attached hydrogens (tertiary/aromatic N) is 2. The molecule has 1 aliphatic carbocycles. The SMILES string of the molecule is COC(=O)c1c(CNS(=O)(=O)C2(Br)CC2)nn2c1CCCC2. The van der Waals surface area contributed by atoms with Crippen LogP contribution in [0.1, 0.15) is 47.4 Å². The van der Waals surface area contributed by atoms with E-state index in [1.165, 1.54) is 7.11 Å². The van der Waals surface area contributed by atoms with E-state index >= 15 is 0 Å². The Hall–Kier alpha value is -0.930.